The van der Waals surface area contributed by atoms with Crippen LogP contribution < -0.4 is 5.56 Å². The van der Waals surface area contributed by atoms with Crippen molar-refractivity contribution >= 4 is 22.7 Å². The number of hydrogen-bond donors (Lipinski definition) is 1. The molecule has 2 aromatic heterocycles. The lowest BCUT2D eigenvalue weighted by Crippen LogP contribution is -2.43. The third-order valence-electron chi connectivity index (χ3n) is 4.46. The van der Waals surface area contributed by atoms with Crippen molar-refractivity contribution in [3.63, 3.8) is 0 Å². The number of H-pyrrole nitrogens is 1. The van der Waals surface area contributed by atoms with E-state index in [1.807, 2.05) is 30.7 Å². The van der Waals surface area contributed by atoms with Gasteiger partial charge in [0.2, 0.25) is 0 Å². The number of imidazole rings is 1. The average Bonchev–Trinajstić information content (AvgIpc) is 2.99. The van der Waals surface area contributed by atoms with Crippen molar-refractivity contribution in [3.8, 4) is 11.4 Å². The predicted octanol–water partition coefficient (Wildman–Crippen LogP) is 3.15. The number of hydrogen-bond acceptors (Lipinski definition) is 4. The summed E-state index contributed by atoms with van der Waals surface area (Å²) >= 11 is 1.66. The lowest BCUT2D eigenvalue weighted by molar-refractivity contribution is -0.109. The average molecular weight is 341 g/mol. The summed E-state index contributed by atoms with van der Waals surface area (Å²) in [6.07, 6.45) is 5.70. The molecule has 5 nitrogen and oxygen atoms in total. The monoisotopic (exact) mass is 341 g/mol. The summed E-state index contributed by atoms with van der Waals surface area (Å²) in [4.78, 5) is 21.1. The van der Waals surface area contributed by atoms with Crippen LogP contribution in [0.15, 0.2) is 46.3 Å². The van der Waals surface area contributed by atoms with Crippen molar-refractivity contribution in [2.75, 3.05) is 19.5 Å². The minimum atomic E-state index is -0.108. The Bertz CT molecular complexity index is 956. The fraction of sp³-hybridized carbons (Fsp3) is 0.333. The zero-order valence-electron chi connectivity index (χ0n) is 13.7. The normalized spacial score (nSPS) is 16.2. The standard InChI is InChI=1S/C18H19N3O2S/c1-18(10-23-11-18)9-21-6-5-19-16(21)14-7-12-3-4-13(24-2)8-15(12)20-17(14)22/h3-8H,9-11H2,1-2H3,(H,20,22). The van der Waals surface area contributed by atoms with E-state index in [0.717, 1.165) is 35.6 Å². The topological polar surface area (TPSA) is 59.9 Å². The Labute approximate surface area is 144 Å². The molecule has 124 valence electrons. The first-order chi connectivity index (χ1) is 11.6. The molecule has 1 aliphatic rings. The number of fused-ring (bicyclic) bond motifs is 1. The molecule has 0 amide bonds. The summed E-state index contributed by atoms with van der Waals surface area (Å²) < 4.78 is 7.38. The van der Waals surface area contributed by atoms with Crippen LogP contribution in [0.25, 0.3) is 22.3 Å². The number of nitrogens with one attached hydrogen (secondary N) is 1. The summed E-state index contributed by atoms with van der Waals surface area (Å²) in [7, 11) is 0. The van der Waals surface area contributed by atoms with Gasteiger partial charge in [-0.3, -0.25) is 4.79 Å². The van der Waals surface area contributed by atoms with E-state index in [1.165, 1.54) is 0 Å². The largest absolute Gasteiger partial charge is 0.380 e. The van der Waals surface area contributed by atoms with E-state index in [4.69, 9.17) is 4.74 Å². The van der Waals surface area contributed by atoms with Crippen molar-refractivity contribution in [3.05, 3.63) is 47.0 Å². The van der Waals surface area contributed by atoms with E-state index in [9.17, 15) is 4.79 Å². The van der Waals surface area contributed by atoms with Gasteiger partial charge in [-0.15, -0.1) is 11.8 Å². The number of thioether (sulfide) groups is 1. The molecule has 1 aliphatic heterocycles. The number of benzene rings is 1. The molecule has 4 rings (SSSR count). The molecule has 0 saturated carbocycles. The first-order valence-corrected chi connectivity index (χ1v) is 9.11. The van der Waals surface area contributed by atoms with Crippen LogP contribution in [0.4, 0.5) is 0 Å². The highest BCUT2D eigenvalue weighted by molar-refractivity contribution is 7.98. The maximum absolute atomic E-state index is 12.6. The van der Waals surface area contributed by atoms with E-state index in [0.29, 0.717) is 11.4 Å². The maximum Gasteiger partial charge on any atom is 0.259 e. The Balaban J connectivity index is 1.78. The molecule has 3 heterocycles. The van der Waals surface area contributed by atoms with E-state index in [-0.39, 0.29) is 11.0 Å². The highest BCUT2D eigenvalue weighted by atomic mass is 32.2. The molecule has 0 unspecified atom stereocenters. The van der Waals surface area contributed by atoms with E-state index in [1.54, 1.807) is 18.0 Å². The van der Waals surface area contributed by atoms with E-state index in [2.05, 4.69) is 27.5 Å². The summed E-state index contributed by atoms with van der Waals surface area (Å²) in [5, 5.41) is 1.01. The van der Waals surface area contributed by atoms with Crippen molar-refractivity contribution < 1.29 is 4.74 Å². The fourth-order valence-electron chi connectivity index (χ4n) is 3.11. The summed E-state index contributed by atoms with van der Waals surface area (Å²) in [6, 6.07) is 8.03. The number of nitrogens with zero attached hydrogens (tertiary/aromatic N) is 2. The van der Waals surface area contributed by atoms with Crippen molar-refractivity contribution in [1.82, 2.24) is 14.5 Å². The fourth-order valence-corrected chi connectivity index (χ4v) is 3.55. The second kappa shape index (κ2) is 5.79. The first kappa shape index (κ1) is 15.5. The number of aromatic amines is 1. The molecule has 1 fully saturated rings. The molecule has 1 N–H and O–H groups in total. The lowest BCUT2D eigenvalue weighted by Gasteiger charge is -2.38. The number of aromatic nitrogens is 3. The summed E-state index contributed by atoms with van der Waals surface area (Å²) in [5.74, 6) is 0.709. The summed E-state index contributed by atoms with van der Waals surface area (Å²) in [6.45, 7) is 4.48. The van der Waals surface area contributed by atoms with Crippen LogP contribution in [-0.2, 0) is 11.3 Å². The molecule has 0 bridgehead atoms. The Morgan fingerprint density at radius 2 is 2.21 bits per heavy atom. The molecular formula is C18H19N3O2S. The van der Waals surface area contributed by atoms with Crippen LogP contribution in [0.3, 0.4) is 0 Å². The Morgan fingerprint density at radius 3 is 2.92 bits per heavy atom. The van der Waals surface area contributed by atoms with Gasteiger partial charge in [-0.05, 0) is 29.8 Å². The highest BCUT2D eigenvalue weighted by Gasteiger charge is 2.34. The maximum atomic E-state index is 12.6. The molecule has 1 saturated heterocycles. The first-order valence-electron chi connectivity index (χ1n) is 7.88. The number of ether oxygens (including phenoxy) is 1. The van der Waals surface area contributed by atoms with Crippen molar-refractivity contribution in [1.29, 1.82) is 0 Å². The van der Waals surface area contributed by atoms with Gasteiger partial charge in [-0.1, -0.05) is 13.0 Å². The third kappa shape index (κ3) is 2.65. The van der Waals surface area contributed by atoms with Gasteiger partial charge in [0, 0.05) is 34.8 Å². The van der Waals surface area contributed by atoms with Gasteiger partial charge in [-0.25, -0.2) is 4.98 Å². The van der Waals surface area contributed by atoms with Crippen LogP contribution in [-0.4, -0.2) is 34.0 Å². The zero-order chi connectivity index (χ0) is 16.7. The van der Waals surface area contributed by atoms with Gasteiger partial charge in [0.15, 0.2) is 0 Å². The van der Waals surface area contributed by atoms with Gasteiger partial charge in [-0.2, -0.15) is 0 Å². The lowest BCUT2D eigenvalue weighted by atomic mass is 9.88. The molecule has 3 aromatic rings. The van der Waals surface area contributed by atoms with Crippen molar-refractivity contribution in [2.45, 2.75) is 18.4 Å². The van der Waals surface area contributed by atoms with Crippen LogP contribution >= 0.6 is 11.8 Å². The molecular weight excluding hydrogens is 322 g/mol. The zero-order valence-corrected chi connectivity index (χ0v) is 14.5. The van der Waals surface area contributed by atoms with Gasteiger partial charge in [0.1, 0.15) is 5.82 Å². The van der Waals surface area contributed by atoms with E-state index >= 15 is 0 Å². The quantitative estimate of drug-likeness (QED) is 0.741. The molecule has 1 aromatic carbocycles. The molecule has 0 aliphatic carbocycles. The minimum Gasteiger partial charge on any atom is -0.380 e. The number of pyridine rings is 1. The molecule has 0 spiro atoms. The minimum absolute atomic E-state index is 0.108. The van der Waals surface area contributed by atoms with Crippen LogP contribution in [0.2, 0.25) is 0 Å². The molecule has 0 atom stereocenters. The molecule has 6 heteroatoms. The van der Waals surface area contributed by atoms with Gasteiger partial charge in [0.05, 0.1) is 18.8 Å². The van der Waals surface area contributed by atoms with Gasteiger partial charge >= 0.3 is 0 Å². The molecule has 0 radical (unpaired) electrons. The van der Waals surface area contributed by atoms with Crippen molar-refractivity contribution in [2.24, 2.45) is 5.41 Å². The van der Waals surface area contributed by atoms with E-state index < -0.39 is 0 Å². The predicted molar refractivity (Wildman–Crippen MR) is 96.5 cm³/mol. The second-order valence-corrected chi connectivity index (χ2v) is 7.53. The SMILES string of the molecule is CSc1ccc2cc(-c3nccn3CC3(C)COC3)c(=O)[nH]c2c1. The van der Waals surface area contributed by atoms with Crippen LogP contribution in [0.1, 0.15) is 6.92 Å². The Hall–Kier alpha value is -2.05. The molecule has 24 heavy (non-hydrogen) atoms. The van der Waals surface area contributed by atoms with Gasteiger partial charge in [0.25, 0.3) is 5.56 Å². The Kier molecular flexibility index (Phi) is 3.73. The summed E-state index contributed by atoms with van der Waals surface area (Å²) in [5.41, 5.74) is 1.47. The smallest absolute Gasteiger partial charge is 0.259 e. The third-order valence-corrected chi connectivity index (χ3v) is 5.19. The second-order valence-electron chi connectivity index (χ2n) is 6.65. The van der Waals surface area contributed by atoms with Crippen LogP contribution in [0, 0.1) is 5.41 Å². The van der Waals surface area contributed by atoms with Gasteiger partial charge < -0.3 is 14.3 Å². The number of rotatable bonds is 4. The highest BCUT2D eigenvalue weighted by Crippen LogP contribution is 2.30. The van der Waals surface area contributed by atoms with Crippen LogP contribution in [0.5, 0.6) is 0 Å². The Morgan fingerprint density at radius 1 is 1.38 bits per heavy atom.